The van der Waals surface area contributed by atoms with Gasteiger partial charge < -0.3 is 9.80 Å². The molecule has 3 heterocycles. The Hall–Kier alpha value is -2.42. The second-order valence-corrected chi connectivity index (χ2v) is 7.10. The third kappa shape index (κ3) is 3.50. The van der Waals surface area contributed by atoms with Crippen molar-refractivity contribution in [2.75, 3.05) is 25.9 Å². The monoisotopic (exact) mass is 335 g/mol. The van der Waals surface area contributed by atoms with Crippen molar-refractivity contribution >= 4 is 21.8 Å². The first kappa shape index (κ1) is 15.5. The molecule has 0 fully saturated rings. The van der Waals surface area contributed by atoms with Gasteiger partial charge in [-0.25, -0.2) is 8.42 Å². The molecule has 0 aliphatic carbocycles. The Morgan fingerprint density at radius 2 is 2.22 bits per heavy atom. The smallest absolute Gasteiger partial charge is 0.256 e. The molecule has 0 saturated carbocycles. The molecule has 122 valence electrons. The number of amides is 1. The van der Waals surface area contributed by atoms with Crippen molar-refractivity contribution in [3.8, 4) is 0 Å². The summed E-state index contributed by atoms with van der Waals surface area (Å²) in [6.45, 7) is 1.45. The fourth-order valence-corrected chi connectivity index (χ4v) is 3.30. The quantitative estimate of drug-likeness (QED) is 0.763. The fraction of sp³-hybridized carbons (Fsp3) is 0.357. The van der Waals surface area contributed by atoms with Crippen molar-refractivity contribution in [2.45, 2.75) is 6.54 Å². The minimum atomic E-state index is -3.38. The van der Waals surface area contributed by atoms with Gasteiger partial charge in [-0.3, -0.25) is 9.48 Å². The Kier molecular flexibility index (Phi) is 4.03. The van der Waals surface area contributed by atoms with E-state index >= 15 is 0 Å². The van der Waals surface area contributed by atoms with E-state index in [2.05, 4.69) is 9.50 Å². The Morgan fingerprint density at radius 1 is 1.39 bits per heavy atom. The highest BCUT2D eigenvalue weighted by atomic mass is 32.2. The van der Waals surface area contributed by atoms with E-state index in [1.165, 1.54) is 0 Å². The summed E-state index contributed by atoms with van der Waals surface area (Å²) in [7, 11) is -1.65. The summed E-state index contributed by atoms with van der Waals surface area (Å²) in [5.41, 5.74) is 0.506. The molecule has 0 bridgehead atoms. The topological polar surface area (TPSA) is 87.9 Å². The van der Waals surface area contributed by atoms with Crippen molar-refractivity contribution in [1.82, 2.24) is 19.6 Å². The lowest BCUT2D eigenvalue weighted by Crippen LogP contribution is -2.38. The molecule has 2 aliphatic heterocycles. The number of nitrogens with zero attached hydrogens (tertiary/aromatic N) is 5. The molecule has 0 atom stereocenters. The minimum Gasteiger partial charge on any atom is -0.340 e. The van der Waals surface area contributed by atoms with Gasteiger partial charge in [-0.05, 0) is 18.2 Å². The van der Waals surface area contributed by atoms with Gasteiger partial charge in [-0.2, -0.15) is 5.10 Å². The summed E-state index contributed by atoms with van der Waals surface area (Å²) in [6, 6.07) is 1.83. The average molecular weight is 335 g/mol. The molecular formula is C14H17N5O3S. The van der Waals surface area contributed by atoms with Gasteiger partial charge in [0.15, 0.2) is 0 Å². The zero-order valence-corrected chi connectivity index (χ0v) is 13.5. The molecule has 1 amide bonds. The molecular weight excluding hydrogens is 318 g/mol. The zero-order valence-electron chi connectivity index (χ0n) is 12.7. The van der Waals surface area contributed by atoms with Crippen LogP contribution in [0.1, 0.15) is 0 Å². The maximum atomic E-state index is 12.5. The summed E-state index contributed by atoms with van der Waals surface area (Å²) in [5, 5.41) is 4.10. The number of hydrogen-bond donors (Lipinski definition) is 0. The Morgan fingerprint density at radius 3 is 2.96 bits per heavy atom. The number of carbonyl (C=O) groups excluding carboxylic acids is 1. The van der Waals surface area contributed by atoms with Crippen LogP contribution in [0.25, 0.3) is 0 Å². The maximum Gasteiger partial charge on any atom is 0.256 e. The van der Waals surface area contributed by atoms with E-state index in [1.807, 2.05) is 12.3 Å². The molecule has 0 spiro atoms. The lowest BCUT2D eigenvalue weighted by molar-refractivity contribution is -0.125. The van der Waals surface area contributed by atoms with Crippen molar-refractivity contribution in [2.24, 2.45) is 4.40 Å². The van der Waals surface area contributed by atoms with Crippen LogP contribution in [-0.4, -0.2) is 65.6 Å². The van der Waals surface area contributed by atoms with E-state index < -0.39 is 10.0 Å². The van der Waals surface area contributed by atoms with Gasteiger partial charge in [-0.1, -0.05) is 0 Å². The van der Waals surface area contributed by atoms with Gasteiger partial charge in [0.2, 0.25) is 0 Å². The zero-order chi connectivity index (χ0) is 16.4. The first-order valence-corrected chi connectivity index (χ1v) is 8.78. The van der Waals surface area contributed by atoms with E-state index in [9.17, 15) is 13.2 Å². The van der Waals surface area contributed by atoms with Crippen LogP contribution < -0.4 is 0 Å². The van der Waals surface area contributed by atoms with E-state index in [0.29, 0.717) is 31.0 Å². The van der Waals surface area contributed by atoms with Gasteiger partial charge in [-0.15, -0.1) is 4.40 Å². The largest absolute Gasteiger partial charge is 0.340 e. The normalized spacial score (nSPS) is 18.9. The highest BCUT2D eigenvalue weighted by Gasteiger charge is 2.25. The van der Waals surface area contributed by atoms with Crippen molar-refractivity contribution in [1.29, 1.82) is 0 Å². The Balaban J connectivity index is 1.67. The molecule has 0 saturated heterocycles. The van der Waals surface area contributed by atoms with Crippen LogP contribution in [0.5, 0.6) is 0 Å². The van der Waals surface area contributed by atoms with Crippen molar-refractivity contribution < 1.29 is 13.2 Å². The predicted octanol–water partition coefficient (Wildman–Crippen LogP) is -0.161. The summed E-state index contributed by atoms with van der Waals surface area (Å²) in [4.78, 5) is 15.8. The van der Waals surface area contributed by atoms with Crippen LogP contribution >= 0.6 is 0 Å². The van der Waals surface area contributed by atoms with E-state index in [1.54, 1.807) is 46.1 Å². The predicted molar refractivity (Wildman–Crippen MR) is 85.0 cm³/mol. The molecule has 2 aliphatic rings. The third-order valence-electron chi connectivity index (χ3n) is 3.64. The SMILES string of the molecule is CN(CCn1cccn1)C(=O)C1=CN2CCS(=O)(=O)N=C2C=C1. The van der Waals surface area contributed by atoms with Crippen molar-refractivity contribution in [3.05, 3.63) is 42.4 Å². The summed E-state index contributed by atoms with van der Waals surface area (Å²) >= 11 is 0. The second-order valence-electron chi connectivity index (χ2n) is 5.34. The van der Waals surface area contributed by atoms with E-state index in [4.69, 9.17) is 0 Å². The first-order valence-electron chi connectivity index (χ1n) is 7.17. The molecule has 9 heteroatoms. The molecule has 1 aromatic heterocycles. The second kappa shape index (κ2) is 5.99. The molecule has 0 aromatic carbocycles. The fourth-order valence-electron chi connectivity index (χ4n) is 2.33. The number of sulfonamides is 1. The van der Waals surface area contributed by atoms with E-state index in [0.717, 1.165) is 0 Å². The standard InChI is InChI=1S/C14H17N5O3S/c1-17(7-8-19-6-2-5-15-19)14(20)12-3-4-13-16-23(21,22)10-9-18(13)11-12/h2-6,11H,7-10H2,1H3. The number of amidine groups is 1. The average Bonchev–Trinajstić information content (AvgIpc) is 3.04. The van der Waals surface area contributed by atoms with Crippen LogP contribution in [0, 0.1) is 0 Å². The van der Waals surface area contributed by atoms with Crippen molar-refractivity contribution in [3.63, 3.8) is 0 Å². The molecule has 0 N–H and O–H groups in total. The van der Waals surface area contributed by atoms with Gasteiger partial charge in [0, 0.05) is 38.7 Å². The van der Waals surface area contributed by atoms with Crippen LogP contribution in [0.15, 0.2) is 46.8 Å². The van der Waals surface area contributed by atoms with Gasteiger partial charge in [0.25, 0.3) is 15.9 Å². The number of aromatic nitrogens is 2. The van der Waals surface area contributed by atoms with Crippen LogP contribution in [0.3, 0.4) is 0 Å². The molecule has 3 rings (SSSR count). The lowest BCUT2D eigenvalue weighted by atomic mass is 10.1. The molecule has 0 unspecified atom stereocenters. The number of likely N-dealkylation sites (N-methyl/N-ethyl adjacent to an activating group) is 1. The van der Waals surface area contributed by atoms with Crippen LogP contribution in [0.2, 0.25) is 0 Å². The Labute approximate surface area is 134 Å². The Bertz CT molecular complexity index is 792. The summed E-state index contributed by atoms with van der Waals surface area (Å²) in [6.07, 6.45) is 8.35. The number of rotatable bonds is 4. The number of hydrogen-bond acceptors (Lipinski definition) is 5. The highest BCUT2D eigenvalue weighted by molar-refractivity contribution is 7.90. The summed E-state index contributed by atoms with van der Waals surface area (Å²) < 4.78 is 28.4. The maximum absolute atomic E-state index is 12.5. The molecule has 8 nitrogen and oxygen atoms in total. The summed E-state index contributed by atoms with van der Waals surface area (Å²) in [5.74, 6) is 0.185. The molecule has 0 radical (unpaired) electrons. The van der Waals surface area contributed by atoms with Gasteiger partial charge in [0.1, 0.15) is 5.84 Å². The number of fused-ring (bicyclic) bond motifs is 1. The van der Waals surface area contributed by atoms with E-state index in [-0.39, 0.29) is 11.7 Å². The minimum absolute atomic E-state index is 0.0442. The van der Waals surface area contributed by atoms with Gasteiger partial charge in [0.05, 0.1) is 17.9 Å². The van der Waals surface area contributed by atoms with Crippen LogP contribution in [0.4, 0.5) is 0 Å². The molecule has 23 heavy (non-hydrogen) atoms. The van der Waals surface area contributed by atoms with Crippen LogP contribution in [-0.2, 0) is 21.4 Å². The highest BCUT2D eigenvalue weighted by Crippen LogP contribution is 2.16. The first-order chi connectivity index (χ1) is 10.9. The third-order valence-corrected chi connectivity index (χ3v) is 4.80. The molecule has 1 aromatic rings. The lowest BCUT2D eigenvalue weighted by Gasteiger charge is -2.28. The van der Waals surface area contributed by atoms with Gasteiger partial charge >= 0.3 is 0 Å². The number of carbonyl (C=O) groups is 1.